The molecule has 0 aliphatic heterocycles. The van der Waals surface area contributed by atoms with E-state index < -0.39 is 0 Å². The van der Waals surface area contributed by atoms with E-state index in [9.17, 15) is 0 Å². The van der Waals surface area contributed by atoms with Gasteiger partial charge in [0.05, 0.1) is 0 Å². The van der Waals surface area contributed by atoms with Crippen LogP contribution in [0, 0.1) is 0 Å². The van der Waals surface area contributed by atoms with Crippen molar-refractivity contribution >= 4 is 5.69 Å². The predicted octanol–water partition coefficient (Wildman–Crippen LogP) is 4.32. The highest BCUT2D eigenvalue weighted by Gasteiger charge is 2.23. The van der Waals surface area contributed by atoms with Gasteiger partial charge in [-0.15, -0.1) is 0 Å². The first-order valence-corrected chi connectivity index (χ1v) is 7.24. The van der Waals surface area contributed by atoms with Crippen LogP contribution in [0.5, 0.6) is 0 Å². The zero-order valence-electron chi connectivity index (χ0n) is 11.3. The summed E-state index contributed by atoms with van der Waals surface area (Å²) in [5.41, 5.74) is 11.0. The number of aryl methyl sites for hydroxylation is 2. The third-order valence-electron chi connectivity index (χ3n) is 3.88. The molecular weight excluding hydrogens is 230 g/mol. The zero-order chi connectivity index (χ0) is 13.1. The van der Waals surface area contributed by atoms with Gasteiger partial charge in [0.15, 0.2) is 0 Å². The van der Waals surface area contributed by atoms with Crippen LogP contribution in [0.25, 0.3) is 0 Å². The Morgan fingerprint density at radius 2 is 1.58 bits per heavy atom. The normalized spacial score (nSPS) is 14.5. The lowest BCUT2D eigenvalue weighted by molar-refractivity contribution is 0.819. The lowest BCUT2D eigenvalue weighted by atomic mass is 10.0. The van der Waals surface area contributed by atoms with E-state index >= 15 is 0 Å². The fourth-order valence-electron chi connectivity index (χ4n) is 2.66. The van der Waals surface area contributed by atoms with Gasteiger partial charge in [0.1, 0.15) is 0 Å². The molecule has 0 radical (unpaired) electrons. The van der Waals surface area contributed by atoms with Crippen LogP contribution in [0.3, 0.4) is 0 Å². The van der Waals surface area contributed by atoms with Gasteiger partial charge in [-0.25, -0.2) is 0 Å². The van der Waals surface area contributed by atoms with Crippen molar-refractivity contribution in [3.63, 3.8) is 0 Å². The maximum atomic E-state index is 5.80. The molecule has 0 aromatic heterocycles. The lowest BCUT2D eigenvalue weighted by Gasteiger charge is -2.05. The van der Waals surface area contributed by atoms with Gasteiger partial charge in [0.25, 0.3) is 0 Å². The molecule has 2 aromatic carbocycles. The summed E-state index contributed by atoms with van der Waals surface area (Å²) < 4.78 is 0. The predicted molar refractivity (Wildman–Crippen MR) is 81.3 cm³/mol. The Hall–Kier alpha value is -1.76. The average molecular weight is 251 g/mol. The summed E-state index contributed by atoms with van der Waals surface area (Å²) >= 11 is 0. The standard InChI is InChI=1S/C18H21N/c19-18-9-3-7-15(13-18)5-1-4-14-6-2-8-17(12-14)16-10-11-16/h2-3,6-9,12-13,16H,1,4-5,10-11,19H2. The van der Waals surface area contributed by atoms with Gasteiger partial charge in [-0.2, -0.15) is 0 Å². The highest BCUT2D eigenvalue weighted by molar-refractivity contribution is 5.40. The largest absolute Gasteiger partial charge is 0.399 e. The van der Waals surface area contributed by atoms with Crippen molar-refractivity contribution in [2.24, 2.45) is 0 Å². The number of anilines is 1. The van der Waals surface area contributed by atoms with Crippen molar-refractivity contribution in [1.29, 1.82) is 0 Å². The van der Waals surface area contributed by atoms with Crippen molar-refractivity contribution in [3.8, 4) is 0 Å². The van der Waals surface area contributed by atoms with E-state index in [0.717, 1.165) is 24.4 Å². The molecule has 2 aromatic rings. The number of hydrogen-bond acceptors (Lipinski definition) is 1. The first kappa shape index (κ1) is 12.3. The van der Waals surface area contributed by atoms with Crippen molar-refractivity contribution in [1.82, 2.24) is 0 Å². The molecule has 19 heavy (non-hydrogen) atoms. The minimum atomic E-state index is 0.855. The SMILES string of the molecule is Nc1cccc(CCCc2cccc(C3CC3)c2)c1. The second-order valence-corrected chi connectivity index (χ2v) is 5.62. The van der Waals surface area contributed by atoms with Crippen LogP contribution in [0.4, 0.5) is 5.69 Å². The minimum absolute atomic E-state index is 0.855. The quantitative estimate of drug-likeness (QED) is 0.787. The van der Waals surface area contributed by atoms with E-state index in [4.69, 9.17) is 5.73 Å². The lowest BCUT2D eigenvalue weighted by Crippen LogP contribution is -1.93. The minimum Gasteiger partial charge on any atom is -0.399 e. The van der Waals surface area contributed by atoms with Crippen LogP contribution in [-0.2, 0) is 12.8 Å². The monoisotopic (exact) mass is 251 g/mol. The molecule has 0 spiro atoms. The van der Waals surface area contributed by atoms with Gasteiger partial charge < -0.3 is 5.73 Å². The molecular formula is C18H21N. The van der Waals surface area contributed by atoms with Crippen LogP contribution in [0.1, 0.15) is 41.9 Å². The van der Waals surface area contributed by atoms with E-state index in [0.29, 0.717) is 0 Å². The van der Waals surface area contributed by atoms with Crippen molar-refractivity contribution in [2.45, 2.75) is 38.0 Å². The molecule has 98 valence electrons. The number of nitrogen functional groups attached to an aromatic ring is 1. The Labute approximate surface area is 115 Å². The van der Waals surface area contributed by atoms with Crippen LogP contribution in [0.15, 0.2) is 48.5 Å². The summed E-state index contributed by atoms with van der Waals surface area (Å²) in [4.78, 5) is 0. The Morgan fingerprint density at radius 3 is 2.26 bits per heavy atom. The molecule has 0 unspecified atom stereocenters. The van der Waals surface area contributed by atoms with Gasteiger partial charge in [0, 0.05) is 5.69 Å². The Morgan fingerprint density at radius 1 is 0.895 bits per heavy atom. The van der Waals surface area contributed by atoms with E-state index in [1.54, 1.807) is 5.56 Å². The molecule has 1 saturated carbocycles. The average Bonchev–Trinajstić information content (AvgIpc) is 3.23. The third kappa shape index (κ3) is 3.37. The maximum Gasteiger partial charge on any atom is 0.0316 e. The summed E-state index contributed by atoms with van der Waals surface area (Å²) in [7, 11) is 0. The fourth-order valence-corrected chi connectivity index (χ4v) is 2.66. The molecule has 0 saturated heterocycles. The first-order valence-electron chi connectivity index (χ1n) is 7.24. The topological polar surface area (TPSA) is 26.0 Å². The van der Waals surface area contributed by atoms with Gasteiger partial charge in [0.2, 0.25) is 0 Å². The van der Waals surface area contributed by atoms with Gasteiger partial charge in [-0.1, -0.05) is 36.4 Å². The van der Waals surface area contributed by atoms with E-state index in [2.05, 4.69) is 36.4 Å². The molecule has 0 atom stereocenters. The third-order valence-corrected chi connectivity index (χ3v) is 3.88. The first-order chi connectivity index (χ1) is 9.31. The summed E-state index contributed by atoms with van der Waals surface area (Å²) in [5.74, 6) is 0.855. The second kappa shape index (κ2) is 5.48. The number of nitrogens with two attached hydrogens (primary N) is 1. The second-order valence-electron chi connectivity index (χ2n) is 5.62. The number of benzene rings is 2. The smallest absolute Gasteiger partial charge is 0.0316 e. The van der Waals surface area contributed by atoms with Crippen molar-refractivity contribution < 1.29 is 0 Å². The van der Waals surface area contributed by atoms with Gasteiger partial charge in [-0.3, -0.25) is 0 Å². The molecule has 1 aliphatic rings. The molecule has 3 rings (SSSR count). The molecule has 2 N–H and O–H groups in total. The Bertz CT molecular complexity index is 555. The number of rotatable bonds is 5. The molecule has 0 heterocycles. The zero-order valence-corrected chi connectivity index (χ0v) is 11.3. The van der Waals surface area contributed by atoms with E-state index in [1.165, 1.54) is 30.4 Å². The maximum absolute atomic E-state index is 5.80. The summed E-state index contributed by atoms with van der Waals surface area (Å²) in [6.07, 6.45) is 6.23. The molecule has 0 amide bonds. The molecule has 1 heteroatoms. The van der Waals surface area contributed by atoms with E-state index in [-0.39, 0.29) is 0 Å². The highest BCUT2D eigenvalue weighted by Crippen LogP contribution is 2.40. The Kier molecular flexibility index (Phi) is 3.54. The summed E-state index contributed by atoms with van der Waals surface area (Å²) in [6, 6.07) is 17.4. The van der Waals surface area contributed by atoms with Crippen LogP contribution in [-0.4, -0.2) is 0 Å². The molecule has 1 aliphatic carbocycles. The molecule has 1 fully saturated rings. The summed E-state index contributed by atoms with van der Waals surface area (Å²) in [6.45, 7) is 0. The number of hydrogen-bond donors (Lipinski definition) is 1. The van der Waals surface area contributed by atoms with Crippen LogP contribution < -0.4 is 5.73 Å². The Balaban J connectivity index is 1.55. The van der Waals surface area contributed by atoms with Gasteiger partial charge >= 0.3 is 0 Å². The highest BCUT2D eigenvalue weighted by atomic mass is 14.5. The molecule has 0 bridgehead atoms. The van der Waals surface area contributed by atoms with Crippen molar-refractivity contribution in [3.05, 3.63) is 65.2 Å². The van der Waals surface area contributed by atoms with Gasteiger partial charge in [-0.05, 0) is 66.8 Å². The fraction of sp³-hybridized carbons (Fsp3) is 0.333. The van der Waals surface area contributed by atoms with Crippen molar-refractivity contribution in [2.75, 3.05) is 5.73 Å². The van der Waals surface area contributed by atoms with Crippen LogP contribution in [0.2, 0.25) is 0 Å². The van der Waals surface area contributed by atoms with Crippen LogP contribution >= 0.6 is 0 Å². The molecule has 1 nitrogen and oxygen atoms in total. The van der Waals surface area contributed by atoms with E-state index in [1.807, 2.05) is 12.1 Å². The summed E-state index contributed by atoms with van der Waals surface area (Å²) in [5, 5.41) is 0.